The third-order valence-electron chi connectivity index (χ3n) is 3.82. The second kappa shape index (κ2) is 5.33. The number of aliphatic hydroxyl groups is 1. The van der Waals surface area contributed by atoms with Crippen molar-refractivity contribution in [2.24, 2.45) is 5.92 Å². The zero-order valence-corrected chi connectivity index (χ0v) is 11.0. The van der Waals surface area contributed by atoms with Gasteiger partial charge in [-0.05, 0) is 30.5 Å². The minimum Gasteiger partial charge on any atom is -0.394 e. The normalized spacial score (nSPS) is 22.9. The van der Waals surface area contributed by atoms with E-state index in [1.54, 1.807) is 0 Å². The minimum atomic E-state index is -4.46. The van der Waals surface area contributed by atoms with Crippen LogP contribution in [0.5, 0.6) is 0 Å². The molecular formula is C14H15F3N2O. The molecule has 20 heavy (non-hydrogen) atoms. The summed E-state index contributed by atoms with van der Waals surface area (Å²) in [6, 6.07) is 4.84. The molecule has 1 heterocycles. The number of aliphatic hydroxyl groups excluding tert-OH is 1. The maximum absolute atomic E-state index is 12.7. The van der Waals surface area contributed by atoms with E-state index in [2.05, 4.69) is 0 Å². The summed E-state index contributed by atoms with van der Waals surface area (Å²) in [4.78, 5) is 1.82. The van der Waals surface area contributed by atoms with Crippen LogP contribution in [0.3, 0.4) is 0 Å². The van der Waals surface area contributed by atoms with Gasteiger partial charge in [-0.3, -0.25) is 0 Å². The summed E-state index contributed by atoms with van der Waals surface area (Å²) in [5.74, 6) is 0.244. The summed E-state index contributed by atoms with van der Waals surface area (Å²) in [7, 11) is 0. The Labute approximate surface area is 115 Å². The molecule has 1 saturated heterocycles. The molecular weight excluding hydrogens is 269 g/mol. The van der Waals surface area contributed by atoms with Crippen molar-refractivity contribution in [3.05, 3.63) is 29.3 Å². The molecule has 0 saturated carbocycles. The maximum Gasteiger partial charge on any atom is 0.416 e. The molecule has 108 valence electrons. The number of benzene rings is 1. The molecule has 1 aliphatic heterocycles. The Kier molecular flexibility index (Phi) is 3.91. The van der Waals surface area contributed by atoms with Gasteiger partial charge in [0.25, 0.3) is 0 Å². The molecule has 1 N–H and O–H groups in total. The van der Waals surface area contributed by atoms with Gasteiger partial charge >= 0.3 is 6.18 Å². The lowest BCUT2D eigenvalue weighted by atomic mass is 10.0. The molecule has 2 atom stereocenters. The monoisotopic (exact) mass is 284 g/mol. The van der Waals surface area contributed by atoms with Crippen molar-refractivity contribution in [3.63, 3.8) is 0 Å². The molecule has 0 amide bonds. The standard InChI is InChI=1S/C14H15F3N2O/c1-9-4-5-19(13(9)8-20)12-3-2-11(14(15,16)17)6-10(12)7-18/h2-3,6,9,13,20H,4-5,8H2,1H3. The Morgan fingerprint density at radius 3 is 2.70 bits per heavy atom. The fraction of sp³-hybridized carbons (Fsp3) is 0.500. The molecule has 3 nitrogen and oxygen atoms in total. The molecule has 6 heteroatoms. The number of alkyl halides is 3. The highest BCUT2D eigenvalue weighted by Gasteiger charge is 2.34. The molecule has 1 aromatic carbocycles. The first-order valence-corrected chi connectivity index (χ1v) is 6.37. The predicted molar refractivity (Wildman–Crippen MR) is 68.2 cm³/mol. The summed E-state index contributed by atoms with van der Waals surface area (Å²) < 4.78 is 38.0. The van der Waals surface area contributed by atoms with E-state index in [1.165, 1.54) is 6.07 Å². The SMILES string of the molecule is CC1CCN(c2ccc(C(F)(F)F)cc2C#N)C1CO. The van der Waals surface area contributed by atoms with Crippen LogP contribution >= 0.6 is 0 Å². The molecule has 2 rings (SSSR count). The lowest BCUT2D eigenvalue weighted by Crippen LogP contribution is -2.35. The van der Waals surface area contributed by atoms with Crippen LogP contribution in [0.2, 0.25) is 0 Å². The summed E-state index contributed by atoms with van der Waals surface area (Å²) >= 11 is 0. The van der Waals surface area contributed by atoms with E-state index in [1.807, 2.05) is 17.9 Å². The third-order valence-corrected chi connectivity index (χ3v) is 3.82. The van der Waals surface area contributed by atoms with E-state index in [-0.39, 0.29) is 24.1 Å². The molecule has 2 unspecified atom stereocenters. The second-order valence-electron chi connectivity index (χ2n) is 5.05. The molecule has 1 fully saturated rings. The van der Waals surface area contributed by atoms with Crippen molar-refractivity contribution >= 4 is 5.69 Å². The predicted octanol–water partition coefficient (Wildman–Crippen LogP) is 2.78. The van der Waals surface area contributed by atoms with Crippen molar-refractivity contribution < 1.29 is 18.3 Å². The second-order valence-corrected chi connectivity index (χ2v) is 5.05. The van der Waals surface area contributed by atoms with Crippen LogP contribution in [-0.2, 0) is 6.18 Å². The van der Waals surface area contributed by atoms with Gasteiger partial charge in [0.15, 0.2) is 0 Å². The van der Waals surface area contributed by atoms with Crippen LogP contribution < -0.4 is 4.90 Å². The summed E-state index contributed by atoms with van der Waals surface area (Å²) in [6.45, 7) is 2.54. The van der Waals surface area contributed by atoms with Crippen molar-refractivity contribution in [2.45, 2.75) is 25.6 Å². The van der Waals surface area contributed by atoms with Crippen LogP contribution in [0.1, 0.15) is 24.5 Å². The number of hydrogen-bond acceptors (Lipinski definition) is 3. The minimum absolute atomic E-state index is 0.00706. The van der Waals surface area contributed by atoms with Crippen molar-refractivity contribution in [2.75, 3.05) is 18.1 Å². The van der Waals surface area contributed by atoms with Gasteiger partial charge in [-0.15, -0.1) is 0 Å². The zero-order chi connectivity index (χ0) is 14.9. The van der Waals surface area contributed by atoms with Gasteiger partial charge in [0, 0.05) is 6.54 Å². The van der Waals surface area contributed by atoms with E-state index in [0.717, 1.165) is 18.6 Å². The van der Waals surface area contributed by atoms with Gasteiger partial charge in [0.2, 0.25) is 0 Å². The summed E-state index contributed by atoms with van der Waals surface area (Å²) in [5.41, 5.74) is -0.373. The molecule has 0 radical (unpaired) electrons. The van der Waals surface area contributed by atoms with E-state index < -0.39 is 11.7 Å². The van der Waals surface area contributed by atoms with Gasteiger partial charge in [-0.2, -0.15) is 18.4 Å². The van der Waals surface area contributed by atoms with Gasteiger partial charge < -0.3 is 10.0 Å². The molecule has 0 aliphatic carbocycles. The van der Waals surface area contributed by atoms with Crippen LogP contribution in [0.15, 0.2) is 18.2 Å². The largest absolute Gasteiger partial charge is 0.416 e. The fourth-order valence-corrected chi connectivity index (χ4v) is 2.64. The molecule has 0 aromatic heterocycles. The van der Waals surface area contributed by atoms with Gasteiger partial charge in [-0.1, -0.05) is 6.92 Å². The summed E-state index contributed by atoms with van der Waals surface area (Å²) in [5, 5.41) is 18.5. The first-order valence-electron chi connectivity index (χ1n) is 6.37. The molecule has 1 aliphatic rings. The number of nitriles is 1. The van der Waals surface area contributed by atoms with Crippen molar-refractivity contribution in [1.82, 2.24) is 0 Å². The first kappa shape index (κ1) is 14.7. The third kappa shape index (κ3) is 2.59. The lowest BCUT2D eigenvalue weighted by Gasteiger charge is -2.28. The van der Waals surface area contributed by atoms with Gasteiger partial charge in [0.1, 0.15) is 6.07 Å². The van der Waals surface area contributed by atoms with Crippen LogP contribution in [-0.4, -0.2) is 24.3 Å². The smallest absolute Gasteiger partial charge is 0.394 e. The van der Waals surface area contributed by atoms with E-state index in [9.17, 15) is 18.3 Å². The Morgan fingerprint density at radius 2 is 2.15 bits per heavy atom. The lowest BCUT2D eigenvalue weighted by molar-refractivity contribution is -0.137. The highest BCUT2D eigenvalue weighted by atomic mass is 19.4. The molecule has 0 bridgehead atoms. The first-order chi connectivity index (χ1) is 9.38. The van der Waals surface area contributed by atoms with Crippen molar-refractivity contribution in [3.8, 4) is 6.07 Å². The van der Waals surface area contributed by atoms with Crippen molar-refractivity contribution in [1.29, 1.82) is 5.26 Å². The average Bonchev–Trinajstić information content (AvgIpc) is 2.77. The number of nitrogens with zero attached hydrogens (tertiary/aromatic N) is 2. The molecule has 0 spiro atoms. The number of anilines is 1. The Morgan fingerprint density at radius 1 is 1.45 bits per heavy atom. The number of rotatable bonds is 2. The fourth-order valence-electron chi connectivity index (χ4n) is 2.64. The van der Waals surface area contributed by atoms with Crippen LogP contribution in [0.4, 0.5) is 18.9 Å². The zero-order valence-electron chi connectivity index (χ0n) is 11.0. The maximum atomic E-state index is 12.7. The van der Waals surface area contributed by atoms with Gasteiger partial charge in [-0.25, -0.2) is 0 Å². The van der Waals surface area contributed by atoms with E-state index in [0.29, 0.717) is 12.2 Å². The van der Waals surface area contributed by atoms with E-state index >= 15 is 0 Å². The Hall–Kier alpha value is -1.74. The highest BCUT2D eigenvalue weighted by molar-refractivity contribution is 5.62. The van der Waals surface area contributed by atoms with E-state index in [4.69, 9.17) is 5.26 Å². The number of hydrogen-bond donors (Lipinski definition) is 1. The molecule has 1 aromatic rings. The Balaban J connectivity index is 2.41. The summed E-state index contributed by atoms with van der Waals surface area (Å²) in [6.07, 6.45) is -3.62. The van der Waals surface area contributed by atoms with Gasteiger partial charge in [0.05, 0.1) is 29.5 Å². The van der Waals surface area contributed by atoms with Crippen LogP contribution in [0, 0.1) is 17.2 Å². The quantitative estimate of drug-likeness (QED) is 0.908. The Bertz CT molecular complexity index is 536. The average molecular weight is 284 g/mol. The number of halogens is 3. The topological polar surface area (TPSA) is 47.3 Å². The van der Waals surface area contributed by atoms with Crippen LogP contribution in [0.25, 0.3) is 0 Å². The highest BCUT2D eigenvalue weighted by Crippen LogP contribution is 2.36.